The first-order valence-corrected chi connectivity index (χ1v) is 10.7. The summed E-state index contributed by atoms with van der Waals surface area (Å²) in [5, 5.41) is 0. The fourth-order valence-corrected chi connectivity index (χ4v) is 6.23. The Kier molecular flexibility index (Phi) is 4.39. The number of fused-ring (bicyclic) bond motifs is 3. The van der Waals surface area contributed by atoms with Crippen LogP contribution in [0.3, 0.4) is 0 Å². The van der Waals surface area contributed by atoms with E-state index in [0.29, 0.717) is 0 Å². The molecule has 1 unspecified atom stereocenters. The smallest absolute Gasteiger partial charge is 0.310 e. The van der Waals surface area contributed by atoms with Gasteiger partial charge in [-0.15, -0.1) is 0 Å². The van der Waals surface area contributed by atoms with E-state index in [-0.39, 0.29) is 23.8 Å². The molecular weight excluding hydrogens is 364 g/mol. The van der Waals surface area contributed by atoms with Gasteiger partial charge in [-0.25, -0.2) is 0 Å². The van der Waals surface area contributed by atoms with Gasteiger partial charge in [0.15, 0.2) is 0 Å². The highest BCUT2D eigenvalue weighted by atomic mass is 16.5. The van der Waals surface area contributed by atoms with Crippen LogP contribution in [0.2, 0.25) is 0 Å². The van der Waals surface area contributed by atoms with Gasteiger partial charge < -0.3 is 9.64 Å². The maximum atomic E-state index is 14.1. The van der Waals surface area contributed by atoms with E-state index in [1.54, 1.807) is 4.90 Å². The molecule has 5 rings (SSSR count). The number of anilines is 1. The van der Waals surface area contributed by atoms with Crippen molar-refractivity contribution in [2.75, 3.05) is 32.1 Å². The first-order valence-electron chi connectivity index (χ1n) is 10.7. The third kappa shape index (κ3) is 2.43. The van der Waals surface area contributed by atoms with E-state index < -0.39 is 11.3 Å². The number of para-hydroxylation sites is 1. The van der Waals surface area contributed by atoms with Crippen LogP contribution in [0.15, 0.2) is 48.1 Å². The maximum absolute atomic E-state index is 14.1. The van der Waals surface area contributed by atoms with Gasteiger partial charge in [0.05, 0.1) is 13.0 Å². The van der Waals surface area contributed by atoms with Crippen LogP contribution in [-0.4, -0.2) is 50.1 Å². The lowest BCUT2D eigenvalue weighted by Crippen LogP contribution is -2.63. The summed E-state index contributed by atoms with van der Waals surface area (Å²) in [6.07, 6.45) is 10.7. The number of hydrogen-bond donors (Lipinski definition) is 0. The molecule has 4 atom stereocenters. The highest BCUT2D eigenvalue weighted by Gasteiger charge is 2.66. The Balaban J connectivity index is 1.81. The number of ether oxygens (including phenoxy) is 1. The molecule has 0 bridgehead atoms. The van der Waals surface area contributed by atoms with Crippen molar-refractivity contribution in [3.8, 4) is 0 Å². The van der Waals surface area contributed by atoms with Crippen LogP contribution in [0.4, 0.5) is 5.69 Å². The second-order valence-electron chi connectivity index (χ2n) is 8.69. The molecule has 1 amide bonds. The molecule has 4 aliphatic rings. The minimum Gasteiger partial charge on any atom is -0.469 e. The number of benzene rings is 1. The average Bonchev–Trinajstić information content (AvgIpc) is 3.36. The van der Waals surface area contributed by atoms with Gasteiger partial charge in [-0.05, 0) is 61.9 Å². The number of nitrogens with zero attached hydrogens (tertiary/aromatic N) is 2. The lowest BCUT2D eigenvalue weighted by Gasteiger charge is -2.50. The van der Waals surface area contributed by atoms with Crippen molar-refractivity contribution in [2.24, 2.45) is 11.8 Å². The Morgan fingerprint density at radius 3 is 2.72 bits per heavy atom. The monoisotopic (exact) mass is 392 g/mol. The molecule has 29 heavy (non-hydrogen) atoms. The number of likely N-dealkylation sites (tertiary alicyclic amines) is 1. The molecule has 1 aromatic rings. The van der Waals surface area contributed by atoms with E-state index >= 15 is 0 Å². The zero-order valence-corrected chi connectivity index (χ0v) is 17.1. The van der Waals surface area contributed by atoms with Crippen molar-refractivity contribution in [1.29, 1.82) is 0 Å². The minimum atomic E-state index is -0.928. The maximum Gasteiger partial charge on any atom is 0.310 e. The van der Waals surface area contributed by atoms with Crippen molar-refractivity contribution in [1.82, 2.24) is 4.90 Å². The Labute approximate surface area is 172 Å². The molecule has 1 aromatic carbocycles. The van der Waals surface area contributed by atoms with Gasteiger partial charge in [-0.1, -0.05) is 36.4 Å². The molecule has 152 valence electrons. The van der Waals surface area contributed by atoms with Crippen molar-refractivity contribution < 1.29 is 14.3 Å². The molecule has 5 heteroatoms. The average molecular weight is 392 g/mol. The van der Waals surface area contributed by atoms with Crippen LogP contribution in [0.25, 0.3) is 0 Å². The van der Waals surface area contributed by atoms with Crippen LogP contribution in [0.1, 0.15) is 31.2 Å². The highest BCUT2D eigenvalue weighted by Crippen LogP contribution is 2.57. The van der Waals surface area contributed by atoms with Crippen molar-refractivity contribution in [3.63, 3.8) is 0 Å². The van der Waals surface area contributed by atoms with Crippen LogP contribution < -0.4 is 4.90 Å². The normalized spacial score (nSPS) is 33.6. The molecule has 2 heterocycles. The third-order valence-corrected chi connectivity index (χ3v) is 7.45. The zero-order valence-electron chi connectivity index (χ0n) is 17.1. The van der Waals surface area contributed by atoms with Gasteiger partial charge in [0.1, 0.15) is 5.41 Å². The number of esters is 1. The van der Waals surface area contributed by atoms with Crippen molar-refractivity contribution in [3.05, 3.63) is 53.6 Å². The van der Waals surface area contributed by atoms with Crippen LogP contribution in [0.5, 0.6) is 0 Å². The Morgan fingerprint density at radius 1 is 1.21 bits per heavy atom. The predicted molar refractivity (Wildman–Crippen MR) is 112 cm³/mol. The number of likely N-dealkylation sites (N-methyl/N-ethyl adjacent to an activating group) is 1. The number of methoxy groups -OCH3 is 1. The molecule has 0 saturated carbocycles. The van der Waals surface area contributed by atoms with E-state index in [1.807, 2.05) is 31.3 Å². The number of carbonyl (C=O) groups is 2. The van der Waals surface area contributed by atoms with Gasteiger partial charge in [0.2, 0.25) is 5.91 Å². The lowest BCUT2D eigenvalue weighted by molar-refractivity contribution is -0.155. The number of rotatable bonds is 2. The fraction of sp³-hybridized carbons (Fsp3) is 0.500. The van der Waals surface area contributed by atoms with Gasteiger partial charge in [-0.3, -0.25) is 14.5 Å². The quantitative estimate of drug-likeness (QED) is 0.726. The number of allylic oxidation sites excluding steroid dienone is 3. The molecule has 1 saturated heterocycles. The van der Waals surface area contributed by atoms with Crippen LogP contribution in [0, 0.1) is 11.8 Å². The predicted octanol–water partition coefficient (Wildman–Crippen LogP) is 3.06. The Morgan fingerprint density at radius 2 is 1.97 bits per heavy atom. The first-order chi connectivity index (χ1) is 14.1. The summed E-state index contributed by atoms with van der Waals surface area (Å²) < 4.78 is 5.36. The Bertz CT molecular complexity index is 914. The molecule has 2 aliphatic heterocycles. The molecular formula is C24H28N2O3. The van der Waals surface area contributed by atoms with Crippen molar-refractivity contribution in [2.45, 2.75) is 37.1 Å². The largest absolute Gasteiger partial charge is 0.469 e. The summed E-state index contributed by atoms with van der Waals surface area (Å²) in [7, 11) is 3.29. The number of amides is 1. The molecule has 0 radical (unpaired) electrons. The van der Waals surface area contributed by atoms with Gasteiger partial charge >= 0.3 is 5.97 Å². The van der Waals surface area contributed by atoms with E-state index in [2.05, 4.69) is 23.1 Å². The second-order valence-corrected chi connectivity index (χ2v) is 8.69. The van der Waals surface area contributed by atoms with E-state index in [0.717, 1.165) is 50.0 Å². The van der Waals surface area contributed by atoms with Crippen LogP contribution >= 0.6 is 0 Å². The van der Waals surface area contributed by atoms with E-state index in [9.17, 15) is 9.59 Å². The molecule has 1 spiro atoms. The van der Waals surface area contributed by atoms with Gasteiger partial charge in [0, 0.05) is 18.8 Å². The standard InChI is InChI=1S/C24H28N2O3/c1-25-19-12-6-5-11-18(19)24(23(25)28)20(26-13-7-8-14-26)15-16-9-3-4-10-17(16)21(24)22(27)29-2/h3,5-6,9,11-12,15,17,20-21H,4,7-8,10,13-14H2,1-2H3/t17?,20-,21-,24-/m0/s1. The molecule has 0 N–H and O–H groups in total. The lowest BCUT2D eigenvalue weighted by atomic mass is 9.55. The molecule has 0 aromatic heterocycles. The third-order valence-electron chi connectivity index (χ3n) is 7.45. The topological polar surface area (TPSA) is 49.9 Å². The summed E-state index contributed by atoms with van der Waals surface area (Å²) in [4.78, 5) is 31.6. The zero-order chi connectivity index (χ0) is 20.2. The Hall–Kier alpha value is -2.40. The van der Waals surface area contributed by atoms with E-state index in [1.165, 1.54) is 12.7 Å². The van der Waals surface area contributed by atoms with Gasteiger partial charge in [-0.2, -0.15) is 0 Å². The summed E-state index contributed by atoms with van der Waals surface area (Å²) in [6, 6.07) is 7.86. The fourth-order valence-electron chi connectivity index (χ4n) is 6.23. The summed E-state index contributed by atoms with van der Waals surface area (Å²) in [6.45, 7) is 1.91. The van der Waals surface area contributed by atoms with Gasteiger partial charge in [0.25, 0.3) is 0 Å². The molecule has 5 nitrogen and oxygen atoms in total. The molecule has 2 aliphatic carbocycles. The number of hydrogen-bond acceptors (Lipinski definition) is 4. The van der Waals surface area contributed by atoms with Crippen LogP contribution in [-0.2, 0) is 19.7 Å². The summed E-state index contributed by atoms with van der Waals surface area (Å²) >= 11 is 0. The van der Waals surface area contributed by atoms with Crippen molar-refractivity contribution >= 4 is 17.6 Å². The SMILES string of the molecule is COC(=O)[C@@H]1C2CCC=CC2=C[C@H](N2CCCC2)[C@]12C(=O)N(C)c1ccccc12. The highest BCUT2D eigenvalue weighted by molar-refractivity contribution is 6.11. The summed E-state index contributed by atoms with van der Waals surface area (Å²) in [5.41, 5.74) is 2.15. The molecule has 1 fully saturated rings. The first kappa shape index (κ1) is 18.6. The summed E-state index contributed by atoms with van der Waals surface area (Å²) in [5.74, 6) is -0.745. The minimum absolute atomic E-state index is 0.00908. The second kappa shape index (κ2) is 6.84. The number of carbonyl (C=O) groups excluding carboxylic acids is 2. The van der Waals surface area contributed by atoms with E-state index in [4.69, 9.17) is 4.74 Å².